The molecule has 4 bridgehead atoms. The minimum Gasteiger partial charge on any atom is -0.235 e. The third-order valence-electron chi connectivity index (χ3n) is 9.61. The highest BCUT2D eigenvalue weighted by Gasteiger charge is 3.08. The van der Waals surface area contributed by atoms with Gasteiger partial charge in [-0.25, -0.2) is 127 Å². The molecule has 0 N–H and O–H groups in total. The highest BCUT2D eigenvalue weighted by atomic mass is 19.4. The lowest BCUT2D eigenvalue weighted by molar-refractivity contribution is -0.562. The summed E-state index contributed by atoms with van der Waals surface area (Å²) < 4.78 is 410. The molecule has 0 saturated heterocycles. The molecule has 0 aliphatic heterocycles. The van der Waals surface area contributed by atoms with Gasteiger partial charge in [0.25, 0.3) is 74.3 Å². The van der Waals surface area contributed by atoms with Crippen LogP contribution in [0.15, 0.2) is 0 Å². The van der Waals surface area contributed by atoms with Gasteiger partial charge in [-0.05, 0) is 19.8 Å². The van der Waals surface area contributed by atoms with Crippen LogP contribution in [0.3, 0.4) is 0 Å². The Labute approximate surface area is 305 Å². The van der Waals surface area contributed by atoms with Crippen molar-refractivity contribution in [2.75, 3.05) is 0 Å². The quantitative estimate of drug-likeness (QED) is 0.181. The fraction of sp³-hybridized carbons (Fsp3) is 1.00. The first-order chi connectivity index (χ1) is 25.7. The zero-order valence-corrected chi connectivity index (χ0v) is 27.7. The molecule has 0 heterocycles. The van der Waals surface area contributed by atoms with E-state index >= 15 is 0 Å². The van der Waals surface area contributed by atoms with E-state index in [0.29, 0.717) is 0 Å². The van der Waals surface area contributed by atoms with Gasteiger partial charge in [-0.15, -0.1) is 0 Å². The normalized spacial score (nSPS) is 29.6. The molecule has 4 rings (SSSR count). The Bertz CT molecular complexity index is 1310. The van der Waals surface area contributed by atoms with Gasteiger partial charge in [0.05, 0.1) is 5.41 Å². The third-order valence-corrected chi connectivity index (χ3v) is 9.61. The fourth-order valence-corrected chi connectivity index (χ4v) is 6.50. The molecule has 4 saturated carbocycles. The summed E-state index contributed by atoms with van der Waals surface area (Å²) in [5.41, 5.74) is -23.6. The van der Waals surface area contributed by atoms with Crippen LogP contribution in [0.2, 0.25) is 0 Å². The van der Waals surface area contributed by atoms with Crippen LogP contribution >= 0.6 is 0 Å². The van der Waals surface area contributed by atoms with Crippen molar-refractivity contribution in [3.8, 4) is 0 Å². The van der Waals surface area contributed by atoms with Gasteiger partial charge >= 0.3 is 24.7 Å². The van der Waals surface area contributed by atoms with Gasteiger partial charge in [0.2, 0.25) is 17.8 Å². The minimum atomic E-state index is -6.46. The molecule has 0 amide bonds. The molecule has 4 unspecified atom stereocenters. The van der Waals surface area contributed by atoms with Crippen molar-refractivity contribution < 1.29 is 145 Å². The first-order valence-corrected chi connectivity index (χ1v) is 14.5. The van der Waals surface area contributed by atoms with Crippen molar-refractivity contribution in [3.63, 3.8) is 0 Å². The molecule has 0 aromatic carbocycles. The third kappa shape index (κ3) is 7.78. The predicted octanol–water partition coefficient (Wildman–Crippen LogP) is 13.3. The maximum absolute atomic E-state index is 14.7. The van der Waals surface area contributed by atoms with Gasteiger partial charge in [-0.3, -0.25) is 0 Å². The predicted molar refractivity (Wildman–Crippen MR) is 128 cm³/mol. The van der Waals surface area contributed by atoms with Gasteiger partial charge < -0.3 is 0 Å². The lowest BCUT2D eigenvalue weighted by Gasteiger charge is -2.77. The summed E-state index contributed by atoms with van der Waals surface area (Å²) in [7, 11) is 0. The Morgan fingerprint density at radius 2 is 0.712 bits per heavy atom. The molecule has 59 heavy (non-hydrogen) atoms. The van der Waals surface area contributed by atoms with Crippen molar-refractivity contribution in [2.24, 2.45) is 21.7 Å². The van der Waals surface area contributed by atoms with Crippen LogP contribution in [0.5, 0.6) is 0 Å². The molecule has 33 heteroatoms. The van der Waals surface area contributed by atoms with E-state index in [1.807, 2.05) is 0 Å². The highest BCUT2D eigenvalue weighted by molar-refractivity contribution is 5.40. The zero-order chi connectivity index (χ0) is 48.3. The maximum Gasteiger partial charge on any atom is 0.344 e. The molecule has 0 nitrogen and oxygen atoms in total. The smallest absolute Gasteiger partial charge is 0.235 e. The van der Waals surface area contributed by atoms with E-state index in [1.54, 1.807) is 0 Å². The van der Waals surface area contributed by atoms with Crippen molar-refractivity contribution in [3.05, 3.63) is 0 Å². The standard InChI is InChI=1S/C14H12F12.C5H3F9.C4H3F7.C3H3F5/c1-7-3-8(2)12(21,22)9(4-7,5(15)16)14(25,26)10(6(17)18,11(7,19)20)13(8,23)24;6-1(4(11,12)2(7)8)5(13,14)3(9)10;5-1(6)4(11,2(7)8)3(9)10;4-1(2(5)6)3(7)8/h5-6H,3-4H2,1-2H3;1-3H;1-3H;1-3H. The molecule has 4 aliphatic carbocycles. The van der Waals surface area contributed by atoms with Crippen molar-refractivity contribution >= 4 is 0 Å². The van der Waals surface area contributed by atoms with E-state index in [9.17, 15) is 145 Å². The highest BCUT2D eigenvalue weighted by Crippen LogP contribution is 2.91. The van der Waals surface area contributed by atoms with Crippen LogP contribution < -0.4 is 0 Å². The Balaban J connectivity index is 0.000000860. The summed E-state index contributed by atoms with van der Waals surface area (Å²) in [4.78, 5) is 0. The van der Waals surface area contributed by atoms with E-state index < -0.39 is 146 Å². The van der Waals surface area contributed by atoms with E-state index in [4.69, 9.17) is 0 Å². The summed E-state index contributed by atoms with van der Waals surface area (Å²) in [5, 5.41) is 0. The summed E-state index contributed by atoms with van der Waals surface area (Å²) in [6, 6.07) is 0. The summed E-state index contributed by atoms with van der Waals surface area (Å²) in [6.45, 7) is 0.0996. The van der Waals surface area contributed by atoms with Crippen LogP contribution in [0.4, 0.5) is 145 Å². The Kier molecular flexibility index (Phi) is 16.4. The first-order valence-electron chi connectivity index (χ1n) is 14.5. The molecule has 4 fully saturated rings. The Morgan fingerprint density at radius 1 is 0.390 bits per heavy atom. The number of hydrogen-bond acceptors (Lipinski definition) is 0. The molecular weight excluding hydrogens is 939 g/mol. The number of rotatable bonds is 11. The summed E-state index contributed by atoms with van der Waals surface area (Å²) in [5.74, 6) is -35.3. The van der Waals surface area contributed by atoms with Crippen LogP contribution in [0.25, 0.3) is 0 Å². The lowest BCUT2D eigenvalue weighted by atomic mass is 9.30. The Hall–Kier alpha value is -2.31. The first kappa shape index (κ1) is 56.7. The zero-order valence-electron chi connectivity index (χ0n) is 27.7. The van der Waals surface area contributed by atoms with Crippen LogP contribution in [0, 0.1) is 21.7 Å². The largest absolute Gasteiger partial charge is 0.344 e. The SMILES string of the molecule is CC12CC3(C)C(F)(F)C(C(F)F)(C1)C(F)(F)C(C(F)F)(C2(F)F)C3(F)F.FC(F)C(F)(C(F)F)C(F)F.FC(F)C(F)(F)C(F)C(F)(F)C(F)F.FC(F)C(F)C(F)F. The van der Waals surface area contributed by atoms with Crippen LogP contribution in [0.1, 0.15) is 26.7 Å². The molecule has 4 aliphatic rings. The van der Waals surface area contributed by atoms with Gasteiger partial charge in [-0.1, -0.05) is 6.92 Å². The Morgan fingerprint density at radius 3 is 0.915 bits per heavy atom. The number of halogens is 33. The summed E-state index contributed by atoms with van der Waals surface area (Å²) in [6.07, 6.45) is -52.3. The summed E-state index contributed by atoms with van der Waals surface area (Å²) >= 11 is 0. The lowest BCUT2D eigenvalue weighted by Crippen LogP contribution is -2.94. The topological polar surface area (TPSA) is 0 Å². The molecule has 0 spiro atoms. The number of hydrogen-bond donors (Lipinski definition) is 0. The van der Waals surface area contributed by atoms with Crippen molar-refractivity contribution in [1.82, 2.24) is 0 Å². The van der Waals surface area contributed by atoms with Gasteiger partial charge in [0, 0.05) is 5.41 Å². The van der Waals surface area contributed by atoms with Gasteiger partial charge in [0.15, 0.2) is 5.41 Å². The van der Waals surface area contributed by atoms with Crippen LogP contribution in [-0.4, -0.2) is 111 Å². The molecule has 356 valence electrons. The molecule has 4 atom stereocenters. The van der Waals surface area contributed by atoms with E-state index in [0.717, 1.165) is 0 Å². The second kappa shape index (κ2) is 17.1. The maximum atomic E-state index is 14.7. The van der Waals surface area contributed by atoms with Gasteiger partial charge in [0.1, 0.15) is 0 Å². The van der Waals surface area contributed by atoms with Crippen molar-refractivity contribution in [2.45, 2.75) is 138 Å². The van der Waals surface area contributed by atoms with Crippen molar-refractivity contribution in [1.29, 1.82) is 0 Å². The van der Waals surface area contributed by atoms with E-state index in [-0.39, 0.29) is 13.8 Å². The molecule has 0 aromatic rings. The fourth-order valence-electron chi connectivity index (χ4n) is 6.50. The second-order valence-corrected chi connectivity index (χ2v) is 13.1. The molecule has 0 radical (unpaired) electrons. The number of alkyl halides is 33. The van der Waals surface area contributed by atoms with Crippen LogP contribution in [-0.2, 0) is 0 Å². The van der Waals surface area contributed by atoms with E-state index in [2.05, 4.69) is 0 Å². The molecule has 0 aromatic heterocycles. The monoisotopic (exact) mass is 960 g/mol. The average molecular weight is 960 g/mol. The second-order valence-electron chi connectivity index (χ2n) is 13.1. The van der Waals surface area contributed by atoms with Gasteiger partial charge in [-0.2, -0.15) is 17.6 Å². The average Bonchev–Trinajstić information content (AvgIpc) is 3.03. The minimum absolute atomic E-state index is 0.150. The van der Waals surface area contributed by atoms with E-state index in [1.165, 1.54) is 0 Å². The molecular formula is C26H21F33.